The maximum atomic E-state index is 13.1. The fourth-order valence-electron chi connectivity index (χ4n) is 4.34. The van der Waals surface area contributed by atoms with Crippen molar-refractivity contribution in [3.63, 3.8) is 0 Å². The van der Waals surface area contributed by atoms with E-state index in [1.54, 1.807) is 30.3 Å². The summed E-state index contributed by atoms with van der Waals surface area (Å²) < 4.78 is 29.0. The minimum atomic E-state index is -3.58. The normalized spacial score (nSPS) is 15.5. The summed E-state index contributed by atoms with van der Waals surface area (Å²) in [6, 6.07) is 13.1. The molecule has 1 amide bonds. The van der Waals surface area contributed by atoms with Gasteiger partial charge < -0.3 is 4.90 Å². The van der Waals surface area contributed by atoms with Gasteiger partial charge in [-0.05, 0) is 51.0 Å². The molecule has 1 saturated heterocycles. The van der Waals surface area contributed by atoms with Gasteiger partial charge in [-0.1, -0.05) is 18.2 Å². The molecule has 0 unspecified atom stereocenters. The van der Waals surface area contributed by atoms with Gasteiger partial charge in [0.2, 0.25) is 15.9 Å². The Balaban J connectivity index is 1.41. The first kappa shape index (κ1) is 23.1. The minimum absolute atomic E-state index is 0.0414. The Bertz CT molecular complexity index is 1220. The van der Waals surface area contributed by atoms with Gasteiger partial charge in [-0.3, -0.25) is 9.78 Å². The molecule has 2 aromatic heterocycles. The Morgan fingerprint density at radius 1 is 1.09 bits per heavy atom. The Kier molecular flexibility index (Phi) is 6.62. The van der Waals surface area contributed by atoms with Crippen LogP contribution < -0.4 is 0 Å². The monoisotopic (exact) mass is 467 g/mol. The second kappa shape index (κ2) is 9.44. The van der Waals surface area contributed by atoms with E-state index in [0.29, 0.717) is 32.5 Å². The van der Waals surface area contributed by atoms with Crippen molar-refractivity contribution in [1.82, 2.24) is 24.0 Å². The number of carbonyl (C=O) groups is 1. The Morgan fingerprint density at radius 3 is 2.42 bits per heavy atom. The number of nitrogens with zero attached hydrogens (tertiary/aromatic N) is 5. The van der Waals surface area contributed by atoms with Crippen molar-refractivity contribution in [2.24, 2.45) is 5.92 Å². The van der Waals surface area contributed by atoms with Crippen LogP contribution in [0.25, 0.3) is 5.69 Å². The Morgan fingerprint density at radius 2 is 1.79 bits per heavy atom. The van der Waals surface area contributed by atoms with Gasteiger partial charge in [-0.15, -0.1) is 0 Å². The van der Waals surface area contributed by atoms with Crippen molar-refractivity contribution in [1.29, 1.82) is 0 Å². The van der Waals surface area contributed by atoms with E-state index in [0.717, 1.165) is 22.6 Å². The standard InChI is InChI=1S/C24H29N5O3S/c1-18-23(19(2)29(26-18)21-8-5-4-6-9-21)17-27(3)24(30)20-11-14-28(15-12-20)33(31,32)22-10-7-13-25-16-22/h4-10,13,16,20H,11-12,14-15,17H2,1-3H3. The van der Waals surface area contributed by atoms with Crippen LogP contribution >= 0.6 is 0 Å². The van der Waals surface area contributed by atoms with E-state index in [9.17, 15) is 13.2 Å². The van der Waals surface area contributed by atoms with Crippen molar-refractivity contribution in [3.05, 3.63) is 71.8 Å². The number of amides is 1. The second-order valence-electron chi connectivity index (χ2n) is 8.46. The molecule has 174 valence electrons. The summed E-state index contributed by atoms with van der Waals surface area (Å²) in [6.07, 6.45) is 3.92. The molecule has 0 atom stereocenters. The van der Waals surface area contributed by atoms with Crippen LogP contribution in [0.1, 0.15) is 29.8 Å². The molecule has 0 aliphatic carbocycles. The van der Waals surface area contributed by atoms with E-state index in [2.05, 4.69) is 10.1 Å². The van der Waals surface area contributed by atoms with Crippen LogP contribution in [0.3, 0.4) is 0 Å². The summed E-state index contributed by atoms with van der Waals surface area (Å²) in [5, 5.41) is 4.67. The van der Waals surface area contributed by atoms with Crippen molar-refractivity contribution < 1.29 is 13.2 Å². The Hall–Kier alpha value is -3.04. The molecular weight excluding hydrogens is 438 g/mol. The van der Waals surface area contributed by atoms with Gasteiger partial charge >= 0.3 is 0 Å². The molecule has 9 heteroatoms. The number of carbonyl (C=O) groups excluding carboxylic acids is 1. The SMILES string of the molecule is Cc1nn(-c2ccccc2)c(C)c1CN(C)C(=O)C1CCN(S(=O)(=O)c2cccnc2)CC1. The lowest BCUT2D eigenvalue weighted by Crippen LogP contribution is -2.43. The maximum absolute atomic E-state index is 13.1. The van der Waals surface area contributed by atoms with Crippen molar-refractivity contribution >= 4 is 15.9 Å². The van der Waals surface area contributed by atoms with Gasteiger partial charge in [-0.25, -0.2) is 13.1 Å². The lowest BCUT2D eigenvalue weighted by Gasteiger charge is -2.32. The van der Waals surface area contributed by atoms with Gasteiger partial charge in [0.15, 0.2) is 0 Å². The van der Waals surface area contributed by atoms with Crippen LogP contribution in [0, 0.1) is 19.8 Å². The fraction of sp³-hybridized carbons (Fsp3) is 0.375. The number of hydrogen-bond acceptors (Lipinski definition) is 5. The summed E-state index contributed by atoms with van der Waals surface area (Å²) in [5.74, 6) is -0.153. The maximum Gasteiger partial charge on any atom is 0.244 e. The van der Waals surface area contributed by atoms with Crippen molar-refractivity contribution in [2.45, 2.75) is 38.1 Å². The van der Waals surface area contributed by atoms with E-state index < -0.39 is 10.0 Å². The van der Waals surface area contributed by atoms with E-state index in [1.165, 1.54) is 10.5 Å². The summed E-state index contributed by atoms with van der Waals surface area (Å²) >= 11 is 0. The smallest absolute Gasteiger partial charge is 0.244 e. The average molecular weight is 468 g/mol. The molecule has 1 aromatic carbocycles. The van der Waals surface area contributed by atoms with Gasteiger partial charge in [-0.2, -0.15) is 9.40 Å². The van der Waals surface area contributed by atoms with E-state index >= 15 is 0 Å². The molecule has 33 heavy (non-hydrogen) atoms. The van der Waals surface area contributed by atoms with E-state index in [1.807, 2.05) is 48.9 Å². The molecule has 0 radical (unpaired) electrons. The number of aryl methyl sites for hydroxylation is 1. The van der Waals surface area contributed by atoms with Crippen LogP contribution in [0.5, 0.6) is 0 Å². The molecule has 1 fully saturated rings. The first-order valence-corrected chi connectivity index (χ1v) is 12.5. The number of sulfonamides is 1. The number of piperidine rings is 1. The molecule has 8 nitrogen and oxygen atoms in total. The lowest BCUT2D eigenvalue weighted by molar-refractivity contribution is -0.135. The highest BCUT2D eigenvalue weighted by Gasteiger charge is 2.33. The minimum Gasteiger partial charge on any atom is -0.341 e. The van der Waals surface area contributed by atoms with Crippen LogP contribution in [-0.4, -0.2) is 58.4 Å². The van der Waals surface area contributed by atoms with Crippen molar-refractivity contribution in [3.8, 4) is 5.69 Å². The predicted octanol–water partition coefficient (Wildman–Crippen LogP) is 2.94. The van der Waals surface area contributed by atoms with Crippen molar-refractivity contribution in [2.75, 3.05) is 20.1 Å². The largest absolute Gasteiger partial charge is 0.341 e. The molecule has 1 aliphatic heterocycles. The number of para-hydroxylation sites is 1. The molecule has 1 aliphatic rings. The third-order valence-electron chi connectivity index (χ3n) is 6.29. The third-order valence-corrected chi connectivity index (χ3v) is 8.17. The number of benzene rings is 1. The first-order valence-electron chi connectivity index (χ1n) is 11.0. The highest BCUT2D eigenvalue weighted by molar-refractivity contribution is 7.89. The second-order valence-corrected chi connectivity index (χ2v) is 10.4. The zero-order chi connectivity index (χ0) is 23.6. The summed E-state index contributed by atoms with van der Waals surface area (Å²) in [4.78, 5) is 19.0. The van der Waals surface area contributed by atoms with Gasteiger partial charge in [0.25, 0.3) is 0 Å². The summed E-state index contributed by atoms with van der Waals surface area (Å²) in [5.41, 5.74) is 3.93. The zero-order valence-corrected chi connectivity index (χ0v) is 20.0. The predicted molar refractivity (Wildman–Crippen MR) is 125 cm³/mol. The molecule has 3 heterocycles. The molecule has 3 aromatic rings. The van der Waals surface area contributed by atoms with Crippen LogP contribution in [0.4, 0.5) is 0 Å². The number of pyridine rings is 1. The highest BCUT2D eigenvalue weighted by atomic mass is 32.2. The molecule has 0 bridgehead atoms. The highest BCUT2D eigenvalue weighted by Crippen LogP contribution is 2.26. The zero-order valence-electron chi connectivity index (χ0n) is 19.2. The van der Waals surface area contributed by atoms with Crippen LogP contribution in [0.15, 0.2) is 59.8 Å². The fourth-order valence-corrected chi connectivity index (χ4v) is 5.78. The number of rotatable bonds is 6. The van der Waals surface area contributed by atoms with Gasteiger partial charge in [0, 0.05) is 56.3 Å². The van der Waals surface area contributed by atoms with Gasteiger partial charge in [0.05, 0.1) is 11.4 Å². The van der Waals surface area contributed by atoms with E-state index in [4.69, 9.17) is 0 Å². The van der Waals surface area contributed by atoms with Crippen LogP contribution in [-0.2, 0) is 21.4 Å². The van der Waals surface area contributed by atoms with Crippen LogP contribution in [0.2, 0.25) is 0 Å². The molecular formula is C24H29N5O3S. The third kappa shape index (κ3) is 4.69. The lowest BCUT2D eigenvalue weighted by atomic mass is 9.96. The molecule has 4 rings (SSSR count). The summed E-state index contributed by atoms with van der Waals surface area (Å²) in [7, 11) is -1.77. The summed E-state index contributed by atoms with van der Waals surface area (Å²) in [6.45, 7) is 5.10. The topological polar surface area (TPSA) is 88.4 Å². The number of aromatic nitrogens is 3. The molecule has 0 saturated carbocycles. The first-order chi connectivity index (χ1) is 15.8. The molecule has 0 spiro atoms. The quantitative estimate of drug-likeness (QED) is 0.556. The van der Waals surface area contributed by atoms with E-state index in [-0.39, 0.29) is 16.7 Å². The van der Waals surface area contributed by atoms with Gasteiger partial charge in [0.1, 0.15) is 4.90 Å². The number of hydrogen-bond donors (Lipinski definition) is 0. The molecule has 0 N–H and O–H groups in total. The Labute approximate surface area is 194 Å². The average Bonchev–Trinajstić information content (AvgIpc) is 3.13.